The lowest BCUT2D eigenvalue weighted by atomic mass is 9.85. The van der Waals surface area contributed by atoms with Gasteiger partial charge in [0, 0.05) is 5.69 Å². The number of carbonyl (C=O) groups excluding carboxylic acids is 1. The zero-order valence-electron chi connectivity index (χ0n) is 13.2. The van der Waals surface area contributed by atoms with Gasteiger partial charge < -0.3 is 15.5 Å². The van der Waals surface area contributed by atoms with Gasteiger partial charge in [-0.25, -0.2) is 0 Å². The number of hydrogen-bond acceptors (Lipinski definition) is 3. The van der Waals surface area contributed by atoms with Crippen molar-refractivity contribution in [2.24, 2.45) is 0 Å². The Balaban J connectivity index is 1.90. The first kappa shape index (κ1) is 14.4. The summed E-state index contributed by atoms with van der Waals surface area (Å²) in [5.41, 5.74) is 2.27. The Kier molecular flexibility index (Phi) is 3.44. The van der Waals surface area contributed by atoms with Gasteiger partial charge in [0.15, 0.2) is 0 Å². The number of benzene rings is 1. The Morgan fingerprint density at radius 2 is 1.71 bits per heavy atom. The molecule has 2 heterocycles. The third-order valence-electron chi connectivity index (χ3n) is 4.81. The van der Waals surface area contributed by atoms with Crippen LogP contribution in [0.2, 0.25) is 0 Å². The molecule has 1 spiro atoms. The summed E-state index contributed by atoms with van der Waals surface area (Å²) in [5.74, 6) is 0.184. The number of nitrogens with one attached hydrogen (secondary N) is 2. The highest BCUT2D eigenvalue weighted by Crippen LogP contribution is 2.35. The zero-order valence-corrected chi connectivity index (χ0v) is 13.2. The van der Waals surface area contributed by atoms with Gasteiger partial charge in [0.05, 0.1) is 6.67 Å². The van der Waals surface area contributed by atoms with Crippen LogP contribution in [0.15, 0.2) is 24.3 Å². The minimum Gasteiger partial charge on any atom is -0.339 e. The quantitative estimate of drug-likeness (QED) is 0.830. The van der Waals surface area contributed by atoms with Gasteiger partial charge in [0.1, 0.15) is 5.54 Å². The van der Waals surface area contributed by atoms with E-state index in [4.69, 9.17) is 0 Å². The minimum absolute atomic E-state index is 0.157. The number of nitrogens with zero attached hydrogens (tertiary/aromatic N) is 1. The first-order valence-corrected chi connectivity index (χ1v) is 7.81. The van der Waals surface area contributed by atoms with Crippen molar-refractivity contribution in [1.82, 2.24) is 10.6 Å². The molecule has 4 nitrogen and oxygen atoms in total. The molecule has 2 saturated heterocycles. The average Bonchev–Trinajstić information content (AvgIpc) is 2.76. The van der Waals surface area contributed by atoms with Gasteiger partial charge in [0.25, 0.3) is 0 Å². The van der Waals surface area contributed by atoms with E-state index in [1.54, 1.807) is 0 Å². The number of piperidine rings is 1. The second kappa shape index (κ2) is 5.02. The van der Waals surface area contributed by atoms with Crippen LogP contribution in [0, 0.1) is 0 Å². The molecule has 21 heavy (non-hydrogen) atoms. The summed E-state index contributed by atoms with van der Waals surface area (Å²) in [6, 6.07) is 8.69. The molecule has 3 rings (SSSR count). The van der Waals surface area contributed by atoms with Crippen LogP contribution in [-0.4, -0.2) is 31.2 Å². The third kappa shape index (κ3) is 2.42. The van der Waals surface area contributed by atoms with Crippen molar-refractivity contribution in [2.75, 3.05) is 24.7 Å². The number of rotatable bonds is 1. The molecule has 0 atom stereocenters. The van der Waals surface area contributed by atoms with Crippen LogP contribution in [0.25, 0.3) is 0 Å². The standard InChI is InChI=1S/C17H25N3O/c1-16(2,3)13-4-6-14(7-5-13)20-12-19-15(21)17(20)8-10-18-11-9-17/h4-7,18H,8-12H2,1-3H3,(H,19,21). The first-order chi connectivity index (χ1) is 9.93. The first-order valence-electron chi connectivity index (χ1n) is 7.81. The normalized spacial score (nSPS) is 21.7. The summed E-state index contributed by atoms with van der Waals surface area (Å²) in [6.45, 7) is 9.09. The summed E-state index contributed by atoms with van der Waals surface area (Å²) < 4.78 is 0. The van der Waals surface area contributed by atoms with Crippen molar-refractivity contribution < 1.29 is 4.79 Å². The predicted octanol–water partition coefficient (Wildman–Crippen LogP) is 2.00. The molecule has 2 fully saturated rings. The zero-order chi connectivity index (χ0) is 15.1. The smallest absolute Gasteiger partial charge is 0.247 e. The maximum Gasteiger partial charge on any atom is 0.247 e. The number of anilines is 1. The van der Waals surface area contributed by atoms with Gasteiger partial charge in [0.2, 0.25) is 5.91 Å². The lowest BCUT2D eigenvalue weighted by Crippen LogP contribution is -2.55. The highest BCUT2D eigenvalue weighted by molar-refractivity contribution is 5.93. The van der Waals surface area contributed by atoms with Gasteiger partial charge in [-0.15, -0.1) is 0 Å². The largest absolute Gasteiger partial charge is 0.339 e. The summed E-state index contributed by atoms with van der Waals surface area (Å²) in [5, 5.41) is 6.38. The number of hydrogen-bond donors (Lipinski definition) is 2. The molecule has 0 unspecified atom stereocenters. The van der Waals surface area contributed by atoms with Crippen molar-refractivity contribution in [3.8, 4) is 0 Å². The summed E-state index contributed by atoms with van der Waals surface area (Å²) in [6.07, 6.45) is 1.75. The molecule has 4 heteroatoms. The number of amides is 1. The van der Waals surface area contributed by atoms with Gasteiger partial charge in [-0.3, -0.25) is 4.79 Å². The molecule has 1 aromatic rings. The van der Waals surface area contributed by atoms with E-state index in [1.165, 1.54) is 5.56 Å². The average molecular weight is 287 g/mol. The fraction of sp³-hybridized carbons (Fsp3) is 0.588. The fourth-order valence-corrected chi connectivity index (χ4v) is 3.41. The van der Waals surface area contributed by atoms with Gasteiger partial charge >= 0.3 is 0 Å². The Morgan fingerprint density at radius 1 is 1.10 bits per heavy atom. The van der Waals surface area contributed by atoms with Crippen molar-refractivity contribution in [1.29, 1.82) is 0 Å². The summed E-state index contributed by atoms with van der Waals surface area (Å²) in [4.78, 5) is 14.6. The van der Waals surface area contributed by atoms with Gasteiger partial charge in [-0.05, 0) is 49.0 Å². The van der Waals surface area contributed by atoms with Crippen LogP contribution in [0.4, 0.5) is 5.69 Å². The van der Waals surface area contributed by atoms with Crippen molar-refractivity contribution in [3.63, 3.8) is 0 Å². The Morgan fingerprint density at radius 3 is 2.29 bits per heavy atom. The molecule has 0 bridgehead atoms. The summed E-state index contributed by atoms with van der Waals surface area (Å²) >= 11 is 0. The van der Waals surface area contributed by atoms with E-state index in [2.05, 4.69) is 60.6 Å². The van der Waals surface area contributed by atoms with Crippen LogP contribution >= 0.6 is 0 Å². The molecule has 2 aliphatic rings. The fourth-order valence-electron chi connectivity index (χ4n) is 3.41. The molecular weight excluding hydrogens is 262 g/mol. The molecule has 114 valence electrons. The molecule has 2 aliphatic heterocycles. The summed E-state index contributed by atoms with van der Waals surface area (Å²) in [7, 11) is 0. The van der Waals surface area contributed by atoms with E-state index < -0.39 is 0 Å². The molecule has 0 radical (unpaired) electrons. The lowest BCUT2D eigenvalue weighted by molar-refractivity contribution is -0.124. The van der Waals surface area contributed by atoms with Crippen molar-refractivity contribution in [3.05, 3.63) is 29.8 Å². The molecule has 0 aliphatic carbocycles. The maximum atomic E-state index is 12.4. The Bertz CT molecular complexity index is 524. The minimum atomic E-state index is -0.353. The predicted molar refractivity (Wildman–Crippen MR) is 85.5 cm³/mol. The van der Waals surface area contributed by atoms with E-state index in [-0.39, 0.29) is 16.9 Å². The van der Waals surface area contributed by atoms with Gasteiger partial charge in [-0.2, -0.15) is 0 Å². The van der Waals surface area contributed by atoms with Crippen molar-refractivity contribution >= 4 is 11.6 Å². The molecule has 2 N–H and O–H groups in total. The maximum absolute atomic E-state index is 12.4. The molecule has 0 saturated carbocycles. The third-order valence-corrected chi connectivity index (χ3v) is 4.81. The molecule has 0 aromatic heterocycles. The van der Waals surface area contributed by atoms with E-state index >= 15 is 0 Å². The van der Waals surface area contributed by atoms with Crippen LogP contribution < -0.4 is 15.5 Å². The second-order valence-electron chi connectivity index (χ2n) is 7.17. The Hall–Kier alpha value is -1.55. The van der Waals surface area contributed by atoms with Gasteiger partial charge in [-0.1, -0.05) is 32.9 Å². The van der Waals surface area contributed by atoms with E-state index in [9.17, 15) is 4.79 Å². The highest BCUT2D eigenvalue weighted by atomic mass is 16.2. The van der Waals surface area contributed by atoms with E-state index in [0.717, 1.165) is 31.6 Å². The monoisotopic (exact) mass is 287 g/mol. The van der Waals surface area contributed by atoms with Crippen LogP contribution in [0.1, 0.15) is 39.2 Å². The van der Waals surface area contributed by atoms with Crippen LogP contribution in [-0.2, 0) is 10.2 Å². The lowest BCUT2D eigenvalue weighted by Gasteiger charge is -2.40. The highest BCUT2D eigenvalue weighted by Gasteiger charge is 2.49. The molecular formula is C17H25N3O. The van der Waals surface area contributed by atoms with Crippen LogP contribution in [0.3, 0.4) is 0 Å². The topological polar surface area (TPSA) is 44.4 Å². The molecule has 1 aromatic carbocycles. The second-order valence-corrected chi connectivity index (χ2v) is 7.17. The van der Waals surface area contributed by atoms with E-state index in [0.29, 0.717) is 6.67 Å². The Labute approximate surface area is 126 Å². The van der Waals surface area contributed by atoms with Crippen molar-refractivity contribution in [2.45, 2.75) is 44.6 Å². The SMILES string of the molecule is CC(C)(C)c1ccc(N2CNC(=O)C23CCNCC3)cc1. The molecule has 1 amide bonds. The van der Waals surface area contributed by atoms with E-state index in [1.807, 2.05) is 0 Å². The van der Waals surface area contributed by atoms with Crippen LogP contribution in [0.5, 0.6) is 0 Å². The number of carbonyl (C=O) groups is 1.